The summed E-state index contributed by atoms with van der Waals surface area (Å²) in [6.07, 6.45) is 0.237. The van der Waals surface area contributed by atoms with E-state index >= 15 is 0 Å². The lowest BCUT2D eigenvalue weighted by atomic mass is 10.1. The molecular formula is C19H32F3NO6SSi. The van der Waals surface area contributed by atoms with Crippen LogP contribution in [0.3, 0.4) is 0 Å². The molecule has 0 saturated carbocycles. The monoisotopic (exact) mass is 487 g/mol. The zero-order chi connectivity index (χ0) is 24.2. The van der Waals surface area contributed by atoms with Crippen molar-refractivity contribution in [1.29, 1.82) is 0 Å². The molecule has 2 bridgehead atoms. The van der Waals surface area contributed by atoms with E-state index in [9.17, 15) is 26.4 Å². The van der Waals surface area contributed by atoms with E-state index in [1.807, 2.05) is 13.1 Å². The average molecular weight is 488 g/mol. The van der Waals surface area contributed by atoms with Gasteiger partial charge < -0.3 is 13.3 Å². The largest absolute Gasteiger partial charge is 0.534 e. The summed E-state index contributed by atoms with van der Waals surface area (Å²) in [4.78, 5) is 14.3. The van der Waals surface area contributed by atoms with Crippen molar-refractivity contribution < 1.29 is 39.7 Å². The van der Waals surface area contributed by atoms with Crippen molar-refractivity contribution in [3.8, 4) is 0 Å². The van der Waals surface area contributed by atoms with Gasteiger partial charge in [0.1, 0.15) is 11.4 Å². The predicted octanol–water partition coefficient (Wildman–Crippen LogP) is 4.91. The molecule has 0 aromatic rings. The summed E-state index contributed by atoms with van der Waals surface area (Å²) in [6.45, 7) is 15.3. The van der Waals surface area contributed by atoms with E-state index in [0.29, 0.717) is 6.42 Å². The van der Waals surface area contributed by atoms with Gasteiger partial charge >= 0.3 is 21.7 Å². The number of carbonyl (C=O) groups excluding carboxylic acids is 1. The lowest BCUT2D eigenvalue weighted by Gasteiger charge is -2.41. The number of alkyl halides is 3. The first-order valence-corrected chi connectivity index (χ1v) is 14.4. The van der Waals surface area contributed by atoms with Gasteiger partial charge in [-0.1, -0.05) is 20.8 Å². The SMILES string of the molecule is CC(C)(C)OC(=O)N1C2C=C(OS(=O)(=O)C(F)(F)F)CC1C(O[Si](C)(C)C(C)(C)C)C2. The van der Waals surface area contributed by atoms with Crippen LogP contribution in [0.2, 0.25) is 18.1 Å². The van der Waals surface area contributed by atoms with Crippen molar-refractivity contribution in [2.45, 2.75) is 102 Å². The molecule has 0 aliphatic carbocycles. The van der Waals surface area contributed by atoms with Crippen LogP contribution in [0.15, 0.2) is 11.8 Å². The van der Waals surface area contributed by atoms with Gasteiger partial charge in [0.2, 0.25) is 0 Å². The van der Waals surface area contributed by atoms with Gasteiger partial charge in [0.25, 0.3) is 0 Å². The molecule has 12 heteroatoms. The quantitative estimate of drug-likeness (QED) is 0.318. The lowest BCUT2D eigenvalue weighted by molar-refractivity contribution is -0.0529. The topological polar surface area (TPSA) is 82.1 Å². The zero-order valence-corrected chi connectivity index (χ0v) is 21.0. The van der Waals surface area contributed by atoms with Gasteiger partial charge in [-0.2, -0.15) is 21.6 Å². The Hall–Kier alpha value is -1.27. The van der Waals surface area contributed by atoms with E-state index in [1.165, 1.54) is 11.0 Å². The minimum Gasteiger partial charge on any atom is -0.444 e. The molecule has 3 atom stereocenters. The highest BCUT2D eigenvalue weighted by Gasteiger charge is 2.54. The van der Waals surface area contributed by atoms with Gasteiger partial charge in [-0.15, -0.1) is 0 Å². The Morgan fingerprint density at radius 1 is 1.13 bits per heavy atom. The average Bonchev–Trinajstić information content (AvgIpc) is 2.70. The molecule has 2 rings (SSSR count). The van der Waals surface area contributed by atoms with Crippen LogP contribution in [0.5, 0.6) is 0 Å². The Morgan fingerprint density at radius 2 is 1.68 bits per heavy atom. The van der Waals surface area contributed by atoms with Crippen LogP contribution < -0.4 is 0 Å². The molecule has 2 aliphatic rings. The number of hydrogen-bond acceptors (Lipinski definition) is 6. The smallest absolute Gasteiger partial charge is 0.444 e. The van der Waals surface area contributed by atoms with Crippen LogP contribution in [0.1, 0.15) is 54.4 Å². The Morgan fingerprint density at radius 3 is 2.13 bits per heavy atom. The normalized spacial score (nSPS) is 25.3. The highest BCUT2D eigenvalue weighted by Crippen LogP contribution is 2.44. The van der Waals surface area contributed by atoms with E-state index in [0.717, 1.165) is 0 Å². The fourth-order valence-corrected chi connectivity index (χ4v) is 5.18. The number of hydrogen-bond donors (Lipinski definition) is 0. The minimum absolute atomic E-state index is 0.132. The molecule has 1 amide bonds. The van der Waals surface area contributed by atoms with Crippen LogP contribution in [0, 0.1) is 0 Å². The molecule has 0 spiro atoms. The van der Waals surface area contributed by atoms with Crippen molar-refractivity contribution >= 4 is 24.5 Å². The molecule has 3 unspecified atom stereocenters. The third kappa shape index (κ3) is 5.75. The Labute approximate surface area is 183 Å². The van der Waals surface area contributed by atoms with Crippen LogP contribution in [-0.4, -0.2) is 57.0 Å². The van der Waals surface area contributed by atoms with Gasteiger partial charge in [0, 0.05) is 6.42 Å². The van der Waals surface area contributed by atoms with Gasteiger partial charge in [-0.3, -0.25) is 4.90 Å². The molecule has 0 N–H and O–H groups in total. The number of rotatable bonds is 4. The maximum atomic E-state index is 12.8. The maximum Gasteiger partial charge on any atom is 0.534 e. The summed E-state index contributed by atoms with van der Waals surface area (Å²) in [5.74, 6) is -0.339. The number of ether oxygens (including phenoxy) is 1. The molecule has 2 aliphatic heterocycles. The van der Waals surface area contributed by atoms with E-state index in [-0.39, 0.29) is 17.2 Å². The molecular weight excluding hydrogens is 455 g/mol. The number of carbonyl (C=O) groups is 1. The van der Waals surface area contributed by atoms with E-state index < -0.39 is 53.8 Å². The Kier molecular flexibility index (Phi) is 6.66. The standard InChI is InChI=1S/C19H32F3NO6SSi/c1-17(2,3)27-16(24)23-12-9-13(28-30(25,26)19(20,21)22)11-14(23)15(10-12)29-31(7,8)18(4,5)6/h9,12,14-15H,10-11H2,1-8H3. The summed E-state index contributed by atoms with van der Waals surface area (Å²) >= 11 is 0. The van der Waals surface area contributed by atoms with E-state index in [4.69, 9.17) is 9.16 Å². The third-order valence-corrected chi connectivity index (χ3v) is 11.3. The van der Waals surface area contributed by atoms with Crippen molar-refractivity contribution in [1.82, 2.24) is 4.90 Å². The summed E-state index contributed by atoms with van der Waals surface area (Å²) in [7, 11) is -8.07. The molecule has 7 nitrogen and oxygen atoms in total. The van der Waals surface area contributed by atoms with E-state index in [1.54, 1.807) is 20.8 Å². The number of nitrogens with zero attached hydrogens (tertiary/aromatic N) is 1. The van der Waals surface area contributed by atoms with Crippen LogP contribution in [-0.2, 0) is 23.5 Å². The molecule has 180 valence electrons. The highest BCUT2D eigenvalue weighted by atomic mass is 32.2. The molecule has 0 aromatic heterocycles. The summed E-state index contributed by atoms with van der Waals surface area (Å²) < 4.78 is 77.6. The Balaban J connectivity index is 2.35. The first kappa shape index (κ1) is 26.0. The van der Waals surface area contributed by atoms with Crippen molar-refractivity contribution in [2.75, 3.05) is 0 Å². The second-order valence-corrected chi connectivity index (χ2v) is 16.8. The van der Waals surface area contributed by atoms with E-state index in [2.05, 4.69) is 25.0 Å². The summed E-state index contributed by atoms with van der Waals surface area (Å²) in [5.41, 5.74) is -6.31. The van der Waals surface area contributed by atoms with Crippen molar-refractivity contribution in [3.05, 3.63) is 11.8 Å². The third-order valence-electron chi connectivity index (χ3n) is 5.76. The van der Waals surface area contributed by atoms with Gasteiger partial charge in [0.15, 0.2) is 8.32 Å². The molecule has 0 aromatic carbocycles. The zero-order valence-electron chi connectivity index (χ0n) is 19.2. The predicted molar refractivity (Wildman–Crippen MR) is 111 cm³/mol. The molecule has 31 heavy (non-hydrogen) atoms. The Bertz CT molecular complexity index is 842. The fraction of sp³-hybridized carbons (Fsp3) is 0.842. The number of fused-ring (bicyclic) bond motifs is 2. The second kappa shape index (κ2) is 7.94. The first-order valence-electron chi connectivity index (χ1n) is 10.1. The molecule has 0 radical (unpaired) electrons. The molecule has 1 fully saturated rings. The van der Waals surface area contributed by atoms with Crippen molar-refractivity contribution in [2.24, 2.45) is 0 Å². The fourth-order valence-electron chi connectivity index (χ4n) is 3.32. The van der Waals surface area contributed by atoms with Crippen molar-refractivity contribution in [3.63, 3.8) is 0 Å². The van der Waals surface area contributed by atoms with Crippen LogP contribution in [0.4, 0.5) is 18.0 Å². The maximum absolute atomic E-state index is 12.8. The number of halogens is 3. The van der Waals surface area contributed by atoms with Gasteiger partial charge in [-0.25, -0.2) is 4.79 Å². The lowest BCUT2D eigenvalue weighted by Crippen LogP contribution is -2.51. The van der Waals surface area contributed by atoms with Crippen LogP contribution in [0.25, 0.3) is 0 Å². The minimum atomic E-state index is -5.79. The highest BCUT2D eigenvalue weighted by molar-refractivity contribution is 7.87. The second-order valence-electron chi connectivity index (χ2n) is 10.5. The van der Waals surface area contributed by atoms with Gasteiger partial charge in [-0.05, 0) is 51.4 Å². The molecule has 1 saturated heterocycles. The number of amides is 1. The van der Waals surface area contributed by atoms with Gasteiger partial charge in [0.05, 0.1) is 18.2 Å². The summed E-state index contributed by atoms with van der Waals surface area (Å²) in [6, 6.07) is -1.39. The van der Waals surface area contributed by atoms with Crippen LogP contribution >= 0.6 is 0 Å². The molecule has 2 heterocycles. The summed E-state index contributed by atoms with van der Waals surface area (Å²) in [5, 5.41) is -0.132. The first-order chi connectivity index (χ1) is 13.6.